The SMILES string of the molecule is CC(C(=O)N1C(=O)OC[C@H]1Cc1ccccc1)c1ccc(Br)cc1F. The summed E-state index contributed by atoms with van der Waals surface area (Å²) >= 11 is 3.20. The van der Waals surface area contributed by atoms with Crippen molar-refractivity contribution in [2.75, 3.05) is 6.61 Å². The normalized spacial score (nSPS) is 18.1. The third-order valence-electron chi connectivity index (χ3n) is 4.31. The molecule has 0 N–H and O–H groups in total. The molecule has 1 fully saturated rings. The molecule has 0 radical (unpaired) electrons. The third-order valence-corrected chi connectivity index (χ3v) is 4.81. The summed E-state index contributed by atoms with van der Waals surface area (Å²) in [4.78, 5) is 26.0. The second-order valence-corrected chi connectivity index (χ2v) is 6.93. The van der Waals surface area contributed by atoms with Crippen molar-refractivity contribution in [1.82, 2.24) is 4.90 Å². The van der Waals surface area contributed by atoms with E-state index in [0.29, 0.717) is 10.9 Å². The molecule has 2 atom stereocenters. The lowest BCUT2D eigenvalue weighted by Gasteiger charge is -2.23. The van der Waals surface area contributed by atoms with Gasteiger partial charge in [-0.25, -0.2) is 14.1 Å². The van der Waals surface area contributed by atoms with Crippen LogP contribution < -0.4 is 0 Å². The molecule has 4 nitrogen and oxygen atoms in total. The van der Waals surface area contributed by atoms with Gasteiger partial charge in [-0.2, -0.15) is 0 Å². The van der Waals surface area contributed by atoms with Crippen LogP contribution in [0.15, 0.2) is 53.0 Å². The van der Waals surface area contributed by atoms with Crippen LogP contribution >= 0.6 is 15.9 Å². The van der Waals surface area contributed by atoms with E-state index in [-0.39, 0.29) is 18.2 Å². The number of halogens is 2. The van der Waals surface area contributed by atoms with Crippen molar-refractivity contribution in [2.45, 2.75) is 25.3 Å². The average molecular weight is 406 g/mol. The number of benzene rings is 2. The van der Waals surface area contributed by atoms with Gasteiger partial charge in [-0.1, -0.05) is 52.3 Å². The van der Waals surface area contributed by atoms with Crippen LogP contribution in [0.1, 0.15) is 24.0 Å². The van der Waals surface area contributed by atoms with Crippen molar-refractivity contribution >= 4 is 27.9 Å². The van der Waals surface area contributed by atoms with Gasteiger partial charge in [0, 0.05) is 10.0 Å². The van der Waals surface area contributed by atoms with E-state index in [2.05, 4.69) is 15.9 Å². The van der Waals surface area contributed by atoms with Crippen LogP contribution in [0.4, 0.5) is 9.18 Å². The molecule has 1 unspecified atom stereocenters. The predicted molar refractivity (Wildman–Crippen MR) is 94.6 cm³/mol. The highest BCUT2D eigenvalue weighted by molar-refractivity contribution is 9.10. The first kappa shape index (κ1) is 17.6. The summed E-state index contributed by atoms with van der Waals surface area (Å²) in [5.74, 6) is -1.72. The minimum atomic E-state index is -0.781. The molecule has 0 aliphatic carbocycles. The molecule has 2 aromatic carbocycles. The number of hydrogen-bond acceptors (Lipinski definition) is 3. The van der Waals surface area contributed by atoms with Crippen molar-refractivity contribution < 1.29 is 18.7 Å². The summed E-state index contributed by atoms with van der Waals surface area (Å²) in [5, 5.41) is 0. The molecule has 1 aliphatic rings. The molecule has 25 heavy (non-hydrogen) atoms. The van der Waals surface area contributed by atoms with E-state index >= 15 is 0 Å². The number of nitrogens with zero attached hydrogens (tertiary/aromatic N) is 1. The maximum atomic E-state index is 14.2. The number of cyclic esters (lactones) is 1. The first-order valence-corrected chi connectivity index (χ1v) is 8.75. The summed E-state index contributed by atoms with van der Waals surface area (Å²) in [6.45, 7) is 1.74. The van der Waals surface area contributed by atoms with Crippen molar-refractivity contribution in [1.29, 1.82) is 0 Å². The Labute approximate surface area is 153 Å². The topological polar surface area (TPSA) is 46.6 Å². The van der Waals surface area contributed by atoms with Crippen LogP contribution in [0, 0.1) is 5.82 Å². The Hall–Kier alpha value is -2.21. The van der Waals surface area contributed by atoms with Crippen LogP contribution in [0.3, 0.4) is 0 Å². The zero-order valence-electron chi connectivity index (χ0n) is 13.6. The van der Waals surface area contributed by atoms with E-state index in [9.17, 15) is 14.0 Å². The smallest absolute Gasteiger partial charge is 0.417 e. The number of carbonyl (C=O) groups excluding carboxylic acids is 2. The fourth-order valence-corrected chi connectivity index (χ4v) is 3.29. The molecule has 0 bridgehead atoms. The van der Waals surface area contributed by atoms with Crippen molar-refractivity contribution in [3.8, 4) is 0 Å². The van der Waals surface area contributed by atoms with E-state index < -0.39 is 23.7 Å². The van der Waals surface area contributed by atoms with Gasteiger partial charge in [-0.3, -0.25) is 4.79 Å². The molecule has 1 aliphatic heterocycles. The maximum Gasteiger partial charge on any atom is 0.417 e. The fraction of sp³-hybridized carbons (Fsp3) is 0.263. The quantitative estimate of drug-likeness (QED) is 0.762. The molecule has 1 heterocycles. The lowest BCUT2D eigenvalue weighted by atomic mass is 9.97. The lowest BCUT2D eigenvalue weighted by Crippen LogP contribution is -2.42. The number of hydrogen-bond donors (Lipinski definition) is 0. The fourth-order valence-electron chi connectivity index (χ4n) is 2.96. The molecule has 0 saturated carbocycles. The van der Waals surface area contributed by atoms with Crippen molar-refractivity contribution in [3.63, 3.8) is 0 Å². The summed E-state index contributed by atoms with van der Waals surface area (Å²) in [6.07, 6.45) is -0.163. The van der Waals surface area contributed by atoms with E-state index in [1.165, 1.54) is 6.07 Å². The summed E-state index contributed by atoms with van der Waals surface area (Å²) in [7, 11) is 0. The van der Waals surface area contributed by atoms with Gasteiger partial charge in [0.15, 0.2) is 0 Å². The minimum Gasteiger partial charge on any atom is -0.447 e. The summed E-state index contributed by atoms with van der Waals surface area (Å²) in [5.41, 5.74) is 1.26. The lowest BCUT2D eigenvalue weighted by molar-refractivity contribution is -0.130. The van der Waals surface area contributed by atoms with Gasteiger partial charge < -0.3 is 4.74 Å². The Bertz CT molecular complexity index is 797. The number of rotatable bonds is 4. The van der Waals surface area contributed by atoms with Crippen molar-refractivity contribution in [3.05, 3.63) is 69.9 Å². The average Bonchev–Trinajstić information content (AvgIpc) is 2.95. The van der Waals surface area contributed by atoms with Gasteiger partial charge in [-0.05, 0) is 31.0 Å². The van der Waals surface area contributed by atoms with E-state index in [0.717, 1.165) is 10.5 Å². The van der Waals surface area contributed by atoms with Gasteiger partial charge in [-0.15, -0.1) is 0 Å². The van der Waals surface area contributed by atoms with E-state index in [4.69, 9.17) is 4.74 Å². The second kappa shape index (κ2) is 7.35. The molecular formula is C19H17BrFNO3. The Kier molecular flexibility index (Phi) is 5.18. The first-order valence-electron chi connectivity index (χ1n) is 7.96. The highest BCUT2D eigenvalue weighted by Crippen LogP contribution is 2.27. The summed E-state index contributed by atoms with van der Waals surface area (Å²) < 4.78 is 19.8. The standard InChI is InChI=1S/C19H17BrFNO3/c1-12(16-8-7-14(20)10-17(16)21)18(23)22-15(11-25-19(22)24)9-13-5-3-2-4-6-13/h2-8,10,12,15H,9,11H2,1H3/t12?,15-/m1/s1. The van der Waals surface area contributed by atoms with Crippen LogP contribution in [0.25, 0.3) is 0 Å². The Morgan fingerprint density at radius 1 is 1.32 bits per heavy atom. The number of amides is 2. The molecule has 6 heteroatoms. The van der Waals surface area contributed by atoms with Gasteiger partial charge >= 0.3 is 6.09 Å². The molecule has 2 aromatic rings. The molecule has 2 amide bonds. The highest BCUT2D eigenvalue weighted by Gasteiger charge is 2.40. The van der Waals surface area contributed by atoms with Crippen molar-refractivity contribution in [2.24, 2.45) is 0 Å². The Balaban J connectivity index is 1.81. The highest BCUT2D eigenvalue weighted by atomic mass is 79.9. The molecule has 0 aromatic heterocycles. The molecule has 1 saturated heterocycles. The predicted octanol–water partition coefficient (Wildman–Crippen LogP) is 4.28. The van der Waals surface area contributed by atoms with E-state index in [1.807, 2.05) is 30.3 Å². The molecule has 3 rings (SSSR count). The maximum absolute atomic E-state index is 14.2. The number of imide groups is 1. The van der Waals surface area contributed by atoms with Crippen LogP contribution in [-0.2, 0) is 16.0 Å². The summed E-state index contributed by atoms with van der Waals surface area (Å²) in [6, 6.07) is 13.7. The monoisotopic (exact) mass is 405 g/mol. The largest absolute Gasteiger partial charge is 0.447 e. The first-order chi connectivity index (χ1) is 12.0. The van der Waals surface area contributed by atoms with Gasteiger partial charge in [0.1, 0.15) is 12.4 Å². The zero-order chi connectivity index (χ0) is 18.0. The minimum absolute atomic E-state index is 0.148. The Morgan fingerprint density at radius 2 is 2.04 bits per heavy atom. The number of carbonyl (C=O) groups is 2. The number of ether oxygens (including phenoxy) is 1. The molecule has 0 spiro atoms. The van der Waals surface area contributed by atoms with E-state index in [1.54, 1.807) is 19.1 Å². The molecular weight excluding hydrogens is 389 g/mol. The molecule has 130 valence electrons. The van der Waals surface area contributed by atoms with Crippen LogP contribution in [-0.4, -0.2) is 29.5 Å². The van der Waals surface area contributed by atoms with Gasteiger partial charge in [0.05, 0.1) is 12.0 Å². The van der Waals surface area contributed by atoms with Crippen LogP contribution in [0.2, 0.25) is 0 Å². The second-order valence-electron chi connectivity index (χ2n) is 6.02. The van der Waals surface area contributed by atoms with Gasteiger partial charge in [0.25, 0.3) is 0 Å². The third kappa shape index (κ3) is 3.74. The zero-order valence-corrected chi connectivity index (χ0v) is 15.2. The van der Waals surface area contributed by atoms with Crippen LogP contribution in [0.5, 0.6) is 0 Å². The van der Waals surface area contributed by atoms with Gasteiger partial charge in [0.2, 0.25) is 5.91 Å². The Morgan fingerprint density at radius 3 is 2.72 bits per heavy atom.